The van der Waals surface area contributed by atoms with E-state index in [1.165, 1.54) is 0 Å². The van der Waals surface area contributed by atoms with E-state index in [4.69, 9.17) is 0 Å². The van der Waals surface area contributed by atoms with Gasteiger partial charge in [0.15, 0.2) is 0 Å². The molecule has 1 amide bonds. The highest BCUT2D eigenvalue weighted by atomic mass is 79.9. The van der Waals surface area contributed by atoms with Gasteiger partial charge in [-0.15, -0.1) is 0 Å². The molecule has 1 atom stereocenters. The van der Waals surface area contributed by atoms with Crippen molar-refractivity contribution in [2.75, 3.05) is 5.32 Å². The van der Waals surface area contributed by atoms with Crippen molar-refractivity contribution in [3.05, 3.63) is 94.2 Å². The monoisotopic (exact) mass is 409 g/mol. The smallest absolute Gasteiger partial charge is 0.253 e. The van der Waals surface area contributed by atoms with Crippen LogP contribution in [-0.2, 0) is 6.54 Å². The first-order valence-electron chi connectivity index (χ1n) is 8.41. The van der Waals surface area contributed by atoms with E-state index >= 15 is 0 Å². The molecule has 0 bridgehead atoms. The maximum Gasteiger partial charge on any atom is 0.253 e. The number of aromatic nitrogens is 1. The highest BCUT2D eigenvalue weighted by Crippen LogP contribution is 2.20. The molecule has 26 heavy (non-hydrogen) atoms. The summed E-state index contributed by atoms with van der Waals surface area (Å²) in [5, 5.41) is 6.39. The molecule has 0 aliphatic rings. The van der Waals surface area contributed by atoms with Crippen molar-refractivity contribution in [1.82, 2.24) is 10.3 Å². The molecule has 0 aliphatic carbocycles. The minimum Gasteiger partial charge on any atom is -0.380 e. The van der Waals surface area contributed by atoms with Gasteiger partial charge in [-0.05, 0) is 48.4 Å². The molecule has 0 saturated heterocycles. The molecule has 0 spiro atoms. The quantitative estimate of drug-likeness (QED) is 0.605. The first-order valence-corrected chi connectivity index (χ1v) is 9.21. The lowest BCUT2D eigenvalue weighted by atomic mass is 10.1. The SMILES string of the molecule is C[C@@H](NC(=O)c1ccccc1NCc1cccnc1)c1cccc(Br)c1. The van der Waals surface area contributed by atoms with Crippen molar-refractivity contribution in [2.45, 2.75) is 19.5 Å². The van der Waals surface area contributed by atoms with Crippen molar-refractivity contribution in [3.8, 4) is 0 Å². The molecule has 132 valence electrons. The lowest BCUT2D eigenvalue weighted by molar-refractivity contribution is 0.0940. The molecular weight excluding hydrogens is 390 g/mol. The summed E-state index contributed by atoms with van der Waals surface area (Å²) in [5.41, 5.74) is 3.53. The summed E-state index contributed by atoms with van der Waals surface area (Å²) < 4.78 is 0.995. The van der Waals surface area contributed by atoms with Gasteiger partial charge >= 0.3 is 0 Å². The molecule has 3 aromatic rings. The van der Waals surface area contributed by atoms with Crippen LogP contribution in [0.15, 0.2) is 77.5 Å². The van der Waals surface area contributed by atoms with Crippen molar-refractivity contribution >= 4 is 27.5 Å². The van der Waals surface area contributed by atoms with Gasteiger partial charge in [0, 0.05) is 29.1 Å². The van der Waals surface area contributed by atoms with E-state index in [0.29, 0.717) is 12.1 Å². The molecule has 1 heterocycles. The summed E-state index contributed by atoms with van der Waals surface area (Å²) in [6.07, 6.45) is 3.55. The van der Waals surface area contributed by atoms with Crippen molar-refractivity contribution < 1.29 is 4.79 Å². The van der Waals surface area contributed by atoms with Crippen LogP contribution in [0.2, 0.25) is 0 Å². The number of amides is 1. The van der Waals surface area contributed by atoms with E-state index in [9.17, 15) is 4.79 Å². The Morgan fingerprint density at radius 3 is 2.73 bits per heavy atom. The Kier molecular flexibility index (Phi) is 6.02. The van der Waals surface area contributed by atoms with Crippen LogP contribution in [0.3, 0.4) is 0 Å². The molecular formula is C21H20BrN3O. The zero-order valence-corrected chi connectivity index (χ0v) is 16.0. The number of pyridine rings is 1. The number of rotatable bonds is 6. The standard InChI is InChI=1S/C21H20BrN3O/c1-15(17-7-4-8-18(22)12-17)25-21(26)19-9-2-3-10-20(19)24-14-16-6-5-11-23-13-16/h2-13,15,24H,14H2,1H3,(H,25,26)/t15-/m1/s1. The van der Waals surface area contributed by atoms with Gasteiger partial charge in [-0.3, -0.25) is 9.78 Å². The number of halogens is 1. The number of nitrogens with zero attached hydrogens (tertiary/aromatic N) is 1. The van der Waals surface area contributed by atoms with E-state index in [0.717, 1.165) is 21.3 Å². The summed E-state index contributed by atoms with van der Waals surface area (Å²) in [6, 6.07) is 19.3. The van der Waals surface area contributed by atoms with Crippen LogP contribution in [0.25, 0.3) is 0 Å². The Morgan fingerprint density at radius 1 is 1.12 bits per heavy atom. The molecule has 0 aliphatic heterocycles. The van der Waals surface area contributed by atoms with Gasteiger partial charge in [0.1, 0.15) is 0 Å². The first kappa shape index (κ1) is 18.1. The fourth-order valence-corrected chi connectivity index (χ4v) is 3.09. The molecule has 0 unspecified atom stereocenters. The number of hydrogen-bond acceptors (Lipinski definition) is 3. The predicted molar refractivity (Wildman–Crippen MR) is 108 cm³/mol. The Bertz CT molecular complexity index is 883. The van der Waals surface area contributed by atoms with Crippen LogP contribution in [0.4, 0.5) is 5.69 Å². The first-order chi connectivity index (χ1) is 12.6. The van der Waals surface area contributed by atoms with E-state index in [1.807, 2.05) is 73.8 Å². The molecule has 2 N–H and O–H groups in total. The Hall–Kier alpha value is -2.66. The van der Waals surface area contributed by atoms with Crippen LogP contribution in [0.5, 0.6) is 0 Å². The minimum absolute atomic E-state index is 0.0913. The third kappa shape index (κ3) is 4.70. The van der Waals surface area contributed by atoms with E-state index < -0.39 is 0 Å². The average Bonchev–Trinajstić information content (AvgIpc) is 2.67. The van der Waals surface area contributed by atoms with Gasteiger partial charge in [0.2, 0.25) is 0 Å². The number of carbonyl (C=O) groups is 1. The Balaban J connectivity index is 1.71. The van der Waals surface area contributed by atoms with Crippen LogP contribution in [0.1, 0.15) is 34.5 Å². The van der Waals surface area contributed by atoms with Crippen LogP contribution in [0, 0.1) is 0 Å². The second-order valence-corrected chi connectivity index (χ2v) is 6.93. The Morgan fingerprint density at radius 2 is 1.96 bits per heavy atom. The second kappa shape index (κ2) is 8.63. The zero-order chi connectivity index (χ0) is 18.4. The summed E-state index contributed by atoms with van der Waals surface area (Å²) in [7, 11) is 0. The van der Waals surface area contributed by atoms with E-state index in [-0.39, 0.29) is 11.9 Å². The Labute approximate surface area is 161 Å². The lowest BCUT2D eigenvalue weighted by Crippen LogP contribution is -2.27. The number of anilines is 1. The number of carbonyl (C=O) groups excluding carboxylic acids is 1. The van der Waals surface area contributed by atoms with Crippen molar-refractivity contribution in [1.29, 1.82) is 0 Å². The number of benzene rings is 2. The molecule has 3 rings (SSSR count). The summed E-state index contributed by atoms with van der Waals surface area (Å²) >= 11 is 3.47. The van der Waals surface area contributed by atoms with Gasteiger partial charge in [0.25, 0.3) is 5.91 Å². The summed E-state index contributed by atoms with van der Waals surface area (Å²) in [6.45, 7) is 2.59. The highest BCUT2D eigenvalue weighted by molar-refractivity contribution is 9.10. The zero-order valence-electron chi connectivity index (χ0n) is 14.4. The van der Waals surface area contributed by atoms with E-state index in [1.54, 1.807) is 6.20 Å². The topological polar surface area (TPSA) is 54.0 Å². The number of para-hydroxylation sites is 1. The van der Waals surface area contributed by atoms with Gasteiger partial charge in [-0.1, -0.05) is 46.3 Å². The predicted octanol–water partition coefficient (Wildman–Crippen LogP) is 4.95. The average molecular weight is 410 g/mol. The molecule has 0 saturated carbocycles. The molecule has 0 radical (unpaired) electrons. The highest BCUT2D eigenvalue weighted by Gasteiger charge is 2.14. The van der Waals surface area contributed by atoms with Gasteiger partial charge in [0.05, 0.1) is 11.6 Å². The maximum atomic E-state index is 12.8. The van der Waals surface area contributed by atoms with Gasteiger partial charge in [-0.25, -0.2) is 0 Å². The minimum atomic E-state index is -0.105. The molecule has 1 aromatic heterocycles. The van der Waals surface area contributed by atoms with Crippen molar-refractivity contribution in [2.24, 2.45) is 0 Å². The fraction of sp³-hybridized carbons (Fsp3) is 0.143. The molecule has 4 nitrogen and oxygen atoms in total. The molecule has 0 fully saturated rings. The largest absolute Gasteiger partial charge is 0.380 e. The van der Waals surface area contributed by atoms with Crippen molar-refractivity contribution in [3.63, 3.8) is 0 Å². The maximum absolute atomic E-state index is 12.8. The van der Waals surface area contributed by atoms with Crippen LogP contribution in [-0.4, -0.2) is 10.9 Å². The normalized spacial score (nSPS) is 11.6. The van der Waals surface area contributed by atoms with Gasteiger partial charge < -0.3 is 10.6 Å². The van der Waals surface area contributed by atoms with Gasteiger partial charge in [-0.2, -0.15) is 0 Å². The molecule has 2 aromatic carbocycles. The summed E-state index contributed by atoms with van der Waals surface area (Å²) in [5.74, 6) is -0.105. The third-order valence-corrected chi connectivity index (χ3v) is 4.57. The lowest BCUT2D eigenvalue weighted by Gasteiger charge is -2.17. The summed E-state index contributed by atoms with van der Waals surface area (Å²) in [4.78, 5) is 16.9. The second-order valence-electron chi connectivity index (χ2n) is 6.01. The number of hydrogen-bond donors (Lipinski definition) is 2. The third-order valence-electron chi connectivity index (χ3n) is 4.07. The number of nitrogens with one attached hydrogen (secondary N) is 2. The van der Waals surface area contributed by atoms with Crippen LogP contribution < -0.4 is 10.6 Å². The van der Waals surface area contributed by atoms with E-state index in [2.05, 4.69) is 31.5 Å². The molecule has 5 heteroatoms. The van der Waals surface area contributed by atoms with Crippen LogP contribution >= 0.6 is 15.9 Å². The fourth-order valence-electron chi connectivity index (χ4n) is 2.67.